The largest absolute Gasteiger partial charge is 0.370 e. The highest BCUT2D eigenvalue weighted by molar-refractivity contribution is 5.94. The number of hydrogen-bond acceptors (Lipinski definition) is 3. The van der Waals surface area contributed by atoms with Crippen LogP contribution in [0.4, 0.5) is 4.79 Å². The van der Waals surface area contributed by atoms with Gasteiger partial charge in [0.2, 0.25) is 5.91 Å². The van der Waals surface area contributed by atoms with E-state index in [0.717, 1.165) is 11.1 Å². The Morgan fingerprint density at radius 3 is 2.12 bits per heavy atom. The second-order valence-electron chi connectivity index (χ2n) is 5.84. The highest BCUT2D eigenvalue weighted by Crippen LogP contribution is 2.12. The number of benzene rings is 2. The van der Waals surface area contributed by atoms with Gasteiger partial charge in [0.15, 0.2) is 0 Å². The van der Waals surface area contributed by atoms with Crippen molar-refractivity contribution >= 4 is 17.8 Å². The minimum atomic E-state index is -0.606. The fourth-order valence-electron chi connectivity index (χ4n) is 2.44. The molecule has 0 saturated carbocycles. The van der Waals surface area contributed by atoms with Crippen molar-refractivity contribution in [3.8, 4) is 0 Å². The van der Waals surface area contributed by atoms with Crippen LogP contribution in [-0.4, -0.2) is 29.3 Å². The van der Waals surface area contributed by atoms with Crippen LogP contribution in [0.2, 0.25) is 0 Å². The summed E-state index contributed by atoms with van der Waals surface area (Å²) in [6.45, 7) is 0.922. The van der Waals surface area contributed by atoms with Crippen molar-refractivity contribution in [2.45, 2.75) is 19.5 Å². The molecule has 0 fully saturated rings. The third kappa shape index (κ3) is 5.94. The summed E-state index contributed by atoms with van der Waals surface area (Å²) in [5.74, 6) is -0.645. The van der Waals surface area contributed by atoms with E-state index in [2.05, 4.69) is 5.32 Å². The number of carbonyl (C=O) groups is 3. The molecular formula is C19H22N4O3. The fraction of sp³-hybridized carbons (Fsp3) is 0.211. The number of rotatable bonds is 8. The SMILES string of the molecule is NC(=O)CCN(Cc1ccccc1)C(=O)c1ccc(CNC(N)=O)cc1. The Hall–Kier alpha value is -3.35. The van der Waals surface area contributed by atoms with Crippen molar-refractivity contribution in [3.05, 3.63) is 71.3 Å². The van der Waals surface area contributed by atoms with E-state index in [4.69, 9.17) is 11.5 Å². The number of hydrogen-bond donors (Lipinski definition) is 3. The number of amides is 4. The molecule has 2 aromatic carbocycles. The van der Waals surface area contributed by atoms with Crippen LogP contribution < -0.4 is 16.8 Å². The van der Waals surface area contributed by atoms with Crippen molar-refractivity contribution in [3.63, 3.8) is 0 Å². The van der Waals surface area contributed by atoms with Gasteiger partial charge in [0.05, 0.1) is 0 Å². The lowest BCUT2D eigenvalue weighted by Crippen LogP contribution is -2.33. The summed E-state index contributed by atoms with van der Waals surface area (Å²) < 4.78 is 0. The Labute approximate surface area is 152 Å². The van der Waals surface area contributed by atoms with Crippen LogP contribution in [0.5, 0.6) is 0 Å². The van der Waals surface area contributed by atoms with Crippen molar-refractivity contribution in [1.29, 1.82) is 0 Å². The zero-order valence-electron chi connectivity index (χ0n) is 14.4. The van der Waals surface area contributed by atoms with Gasteiger partial charge < -0.3 is 21.7 Å². The van der Waals surface area contributed by atoms with E-state index in [1.54, 1.807) is 29.2 Å². The molecule has 4 amide bonds. The Kier molecular flexibility index (Phi) is 6.73. The molecule has 2 rings (SSSR count). The first kappa shape index (κ1) is 19.0. The Morgan fingerprint density at radius 2 is 1.54 bits per heavy atom. The molecule has 0 aliphatic heterocycles. The van der Waals surface area contributed by atoms with E-state index in [-0.39, 0.29) is 18.9 Å². The van der Waals surface area contributed by atoms with E-state index in [1.165, 1.54) is 0 Å². The summed E-state index contributed by atoms with van der Waals surface area (Å²) in [5.41, 5.74) is 12.6. The van der Waals surface area contributed by atoms with Gasteiger partial charge >= 0.3 is 6.03 Å². The van der Waals surface area contributed by atoms with Crippen LogP contribution in [0, 0.1) is 0 Å². The topological polar surface area (TPSA) is 119 Å². The zero-order chi connectivity index (χ0) is 18.9. The molecule has 0 unspecified atom stereocenters. The molecule has 0 heterocycles. The Balaban J connectivity index is 2.11. The van der Waals surface area contributed by atoms with Crippen molar-refractivity contribution in [2.24, 2.45) is 11.5 Å². The minimum absolute atomic E-state index is 0.0964. The monoisotopic (exact) mass is 354 g/mol. The van der Waals surface area contributed by atoms with Gasteiger partial charge in [-0.2, -0.15) is 0 Å². The van der Waals surface area contributed by atoms with E-state index in [9.17, 15) is 14.4 Å². The average molecular weight is 354 g/mol. The molecule has 7 heteroatoms. The Morgan fingerprint density at radius 1 is 0.885 bits per heavy atom. The molecule has 0 aromatic heterocycles. The molecule has 0 aliphatic rings. The first-order valence-electron chi connectivity index (χ1n) is 8.19. The number of carbonyl (C=O) groups excluding carboxylic acids is 3. The molecule has 0 radical (unpaired) electrons. The maximum Gasteiger partial charge on any atom is 0.312 e. The molecule has 0 atom stereocenters. The summed E-state index contributed by atoms with van der Waals surface area (Å²) in [4.78, 5) is 36.3. The summed E-state index contributed by atoms with van der Waals surface area (Å²) in [6, 6.07) is 15.8. The predicted octanol–water partition coefficient (Wildman–Crippen LogP) is 1.37. The molecule has 2 aromatic rings. The maximum atomic E-state index is 12.8. The minimum Gasteiger partial charge on any atom is -0.370 e. The van der Waals surface area contributed by atoms with Crippen molar-refractivity contribution in [2.75, 3.05) is 6.54 Å². The van der Waals surface area contributed by atoms with Gasteiger partial charge in [0.1, 0.15) is 0 Å². The van der Waals surface area contributed by atoms with Crippen LogP contribution >= 0.6 is 0 Å². The standard InChI is InChI=1S/C19H22N4O3/c20-17(24)10-11-23(13-15-4-2-1-3-5-15)18(25)16-8-6-14(7-9-16)12-22-19(21)26/h1-9H,10-13H2,(H2,20,24)(H3,21,22,26). The maximum absolute atomic E-state index is 12.8. The lowest BCUT2D eigenvalue weighted by molar-refractivity contribution is -0.118. The van der Waals surface area contributed by atoms with Gasteiger partial charge in [-0.15, -0.1) is 0 Å². The third-order valence-electron chi connectivity index (χ3n) is 3.80. The van der Waals surface area contributed by atoms with Crippen LogP contribution in [0.1, 0.15) is 27.9 Å². The molecule has 0 aliphatic carbocycles. The number of nitrogens with two attached hydrogens (primary N) is 2. The zero-order valence-corrected chi connectivity index (χ0v) is 14.4. The third-order valence-corrected chi connectivity index (χ3v) is 3.80. The lowest BCUT2D eigenvalue weighted by atomic mass is 10.1. The summed E-state index contributed by atoms with van der Waals surface area (Å²) in [7, 11) is 0. The molecule has 0 spiro atoms. The fourth-order valence-corrected chi connectivity index (χ4v) is 2.44. The quantitative estimate of drug-likeness (QED) is 0.664. The smallest absolute Gasteiger partial charge is 0.312 e. The van der Waals surface area contributed by atoms with Gasteiger partial charge in [-0.05, 0) is 23.3 Å². The summed E-state index contributed by atoms with van der Waals surface area (Å²) >= 11 is 0. The van der Waals surface area contributed by atoms with Gasteiger partial charge in [0, 0.05) is 31.6 Å². The van der Waals surface area contributed by atoms with E-state index < -0.39 is 11.9 Å². The second-order valence-corrected chi connectivity index (χ2v) is 5.84. The van der Waals surface area contributed by atoms with Crippen molar-refractivity contribution in [1.82, 2.24) is 10.2 Å². The summed E-state index contributed by atoms with van der Waals surface area (Å²) in [6.07, 6.45) is 0.0964. The second kappa shape index (κ2) is 9.22. The highest BCUT2D eigenvalue weighted by Gasteiger charge is 2.17. The number of nitrogens with one attached hydrogen (secondary N) is 1. The Bertz CT molecular complexity index is 760. The molecule has 5 N–H and O–H groups in total. The van der Waals surface area contributed by atoms with Crippen LogP contribution in [-0.2, 0) is 17.9 Å². The average Bonchev–Trinajstić information content (AvgIpc) is 2.64. The number of primary amides is 2. The first-order chi connectivity index (χ1) is 12.5. The van der Waals surface area contributed by atoms with Gasteiger partial charge in [-0.1, -0.05) is 42.5 Å². The van der Waals surface area contributed by atoms with Gasteiger partial charge in [-0.25, -0.2) is 4.79 Å². The van der Waals surface area contributed by atoms with Crippen LogP contribution in [0.3, 0.4) is 0 Å². The van der Waals surface area contributed by atoms with E-state index in [1.807, 2.05) is 30.3 Å². The molecule has 26 heavy (non-hydrogen) atoms. The van der Waals surface area contributed by atoms with E-state index in [0.29, 0.717) is 18.7 Å². The van der Waals surface area contributed by atoms with E-state index >= 15 is 0 Å². The van der Waals surface area contributed by atoms with Crippen LogP contribution in [0.25, 0.3) is 0 Å². The number of nitrogens with zero attached hydrogens (tertiary/aromatic N) is 1. The molecule has 0 saturated heterocycles. The van der Waals surface area contributed by atoms with Crippen LogP contribution in [0.15, 0.2) is 54.6 Å². The summed E-state index contributed by atoms with van der Waals surface area (Å²) in [5, 5.41) is 2.49. The molecule has 7 nitrogen and oxygen atoms in total. The van der Waals surface area contributed by atoms with Gasteiger partial charge in [-0.3, -0.25) is 9.59 Å². The molecule has 136 valence electrons. The predicted molar refractivity (Wildman–Crippen MR) is 97.9 cm³/mol. The van der Waals surface area contributed by atoms with Crippen molar-refractivity contribution < 1.29 is 14.4 Å². The normalized spacial score (nSPS) is 10.2. The van der Waals surface area contributed by atoms with Gasteiger partial charge in [0.25, 0.3) is 5.91 Å². The number of urea groups is 1. The highest BCUT2D eigenvalue weighted by atomic mass is 16.2. The molecular weight excluding hydrogens is 332 g/mol. The molecule has 0 bridgehead atoms. The first-order valence-corrected chi connectivity index (χ1v) is 8.19. The lowest BCUT2D eigenvalue weighted by Gasteiger charge is -2.22.